The van der Waals surface area contributed by atoms with Gasteiger partial charge in [0.1, 0.15) is 19.3 Å². The number of amides is 1. The number of aliphatic hydroxyl groups is 2. The molecule has 3 N–H and O–H groups in total. The van der Waals surface area contributed by atoms with Crippen LogP contribution in [0.5, 0.6) is 0 Å². The van der Waals surface area contributed by atoms with E-state index in [0.29, 0.717) is 30.3 Å². The van der Waals surface area contributed by atoms with Crippen LogP contribution in [0.3, 0.4) is 0 Å². The number of phosphoric acid groups is 1. The Labute approximate surface area is 362 Å². The molecule has 0 aromatic rings. The zero-order chi connectivity index (χ0) is 43.7. The van der Waals surface area contributed by atoms with Crippen LogP contribution >= 0.6 is 7.82 Å². The van der Waals surface area contributed by atoms with Crippen LogP contribution in [0.2, 0.25) is 0 Å². The normalized spacial score (nSPS) is 15.5. The van der Waals surface area contributed by atoms with E-state index in [-0.39, 0.29) is 18.9 Å². The third-order valence-corrected chi connectivity index (χ3v) is 11.0. The first-order chi connectivity index (χ1) is 28.4. The molecule has 0 aromatic carbocycles. The van der Waals surface area contributed by atoms with E-state index in [9.17, 15) is 24.5 Å². The van der Waals surface area contributed by atoms with Crippen LogP contribution in [-0.2, 0) is 18.4 Å². The van der Waals surface area contributed by atoms with E-state index >= 15 is 0 Å². The van der Waals surface area contributed by atoms with Crippen molar-refractivity contribution in [2.45, 2.75) is 193 Å². The standard InChI is InChI=1S/C49H89N2O7P/c1-6-8-10-12-14-16-18-20-21-22-23-24-25-26-27-28-29-30-32-34-36-38-40-42-48(53)50-46(45-58-59(55,56)57-44-43-51(3,4)5)49(54)47(52)41-39-37-35-33-31-19-17-15-13-11-9-7-2/h7,9,15,17-18,20,22-23,25-26,33,35,46-47,49,52,54H,6,8,10-14,16,19,21,24,27-32,34,36-45H2,1-5H3,(H-,50,53,55,56)/b9-7+,17-15+,20-18-,23-22-,26-25-,35-33+. The molecule has 0 radical (unpaired) electrons. The monoisotopic (exact) mass is 849 g/mol. The summed E-state index contributed by atoms with van der Waals surface area (Å²) >= 11 is 0. The lowest BCUT2D eigenvalue weighted by atomic mass is 10.0. The van der Waals surface area contributed by atoms with E-state index in [1.54, 1.807) is 0 Å². The van der Waals surface area contributed by atoms with Crippen molar-refractivity contribution < 1.29 is 38.0 Å². The van der Waals surface area contributed by atoms with Crippen LogP contribution in [0, 0.1) is 0 Å². The molecule has 0 saturated heterocycles. The maximum absolute atomic E-state index is 12.9. The van der Waals surface area contributed by atoms with E-state index < -0.39 is 32.7 Å². The summed E-state index contributed by atoms with van der Waals surface area (Å²) in [5.74, 6) is -0.306. The second-order valence-electron chi connectivity index (χ2n) is 16.9. The zero-order valence-corrected chi connectivity index (χ0v) is 39.2. The zero-order valence-electron chi connectivity index (χ0n) is 38.3. The third kappa shape index (κ3) is 41.0. The average molecular weight is 849 g/mol. The number of allylic oxidation sites excluding steroid dienone is 12. The third-order valence-electron chi connectivity index (χ3n) is 10.1. The molecule has 0 aliphatic carbocycles. The molecule has 0 bridgehead atoms. The summed E-state index contributed by atoms with van der Waals surface area (Å²) in [5.41, 5.74) is 0. The molecule has 0 rings (SSSR count). The highest BCUT2D eigenvalue weighted by Crippen LogP contribution is 2.38. The van der Waals surface area contributed by atoms with E-state index in [1.807, 2.05) is 28.1 Å². The minimum atomic E-state index is -4.68. The Bertz CT molecular complexity index is 1210. The maximum Gasteiger partial charge on any atom is 0.268 e. The van der Waals surface area contributed by atoms with Crippen molar-refractivity contribution in [2.75, 3.05) is 40.9 Å². The lowest BCUT2D eigenvalue weighted by molar-refractivity contribution is -0.870. The highest BCUT2D eigenvalue weighted by molar-refractivity contribution is 7.45. The van der Waals surface area contributed by atoms with Crippen LogP contribution in [0.4, 0.5) is 0 Å². The number of unbranched alkanes of at least 4 members (excludes halogenated alkanes) is 16. The van der Waals surface area contributed by atoms with Crippen LogP contribution in [-0.4, -0.2) is 79.8 Å². The van der Waals surface area contributed by atoms with Gasteiger partial charge in [0.05, 0.1) is 39.9 Å². The van der Waals surface area contributed by atoms with Crippen molar-refractivity contribution in [3.63, 3.8) is 0 Å². The molecule has 0 aliphatic rings. The lowest BCUT2D eigenvalue weighted by Crippen LogP contribution is -2.51. The van der Waals surface area contributed by atoms with Gasteiger partial charge in [-0.05, 0) is 96.8 Å². The molecule has 0 aliphatic heterocycles. The van der Waals surface area contributed by atoms with Gasteiger partial charge in [0.2, 0.25) is 5.91 Å². The van der Waals surface area contributed by atoms with Crippen LogP contribution in [0.15, 0.2) is 72.9 Å². The van der Waals surface area contributed by atoms with Crippen LogP contribution < -0.4 is 10.2 Å². The van der Waals surface area contributed by atoms with Gasteiger partial charge in [0.25, 0.3) is 7.82 Å². The summed E-state index contributed by atoms with van der Waals surface area (Å²) in [5, 5.41) is 24.6. The Hall–Kier alpha value is -2.10. The number of aliphatic hydroxyl groups excluding tert-OH is 2. The Kier molecular flexibility index (Phi) is 38.6. The minimum absolute atomic E-state index is 0.0554. The van der Waals surface area contributed by atoms with Crippen molar-refractivity contribution in [3.8, 4) is 0 Å². The van der Waals surface area contributed by atoms with Gasteiger partial charge in [-0.25, -0.2) is 0 Å². The quantitative estimate of drug-likeness (QED) is 0.0242. The van der Waals surface area contributed by atoms with Gasteiger partial charge in [-0.1, -0.05) is 144 Å². The predicted molar refractivity (Wildman–Crippen MR) is 248 cm³/mol. The number of carbonyl (C=O) groups is 1. The molecule has 4 atom stereocenters. The van der Waals surface area contributed by atoms with Gasteiger partial charge in [-0.3, -0.25) is 9.36 Å². The van der Waals surface area contributed by atoms with Crippen molar-refractivity contribution in [1.29, 1.82) is 0 Å². The smallest absolute Gasteiger partial charge is 0.268 e. The average Bonchev–Trinajstić information content (AvgIpc) is 3.19. The summed E-state index contributed by atoms with van der Waals surface area (Å²) in [7, 11) is 1.07. The molecule has 0 saturated carbocycles. The number of phosphoric ester groups is 1. The molecule has 10 heteroatoms. The van der Waals surface area contributed by atoms with Gasteiger partial charge < -0.3 is 34.0 Å². The number of hydrogen-bond donors (Lipinski definition) is 3. The molecular weight excluding hydrogens is 760 g/mol. The molecular formula is C49H89N2O7P. The number of nitrogens with zero attached hydrogens (tertiary/aromatic N) is 1. The Morgan fingerprint density at radius 2 is 1.10 bits per heavy atom. The van der Waals surface area contributed by atoms with Gasteiger partial charge in [0, 0.05) is 6.42 Å². The van der Waals surface area contributed by atoms with E-state index in [0.717, 1.165) is 70.6 Å². The summed E-state index contributed by atoms with van der Waals surface area (Å²) in [4.78, 5) is 25.4. The van der Waals surface area contributed by atoms with E-state index in [1.165, 1.54) is 64.2 Å². The molecule has 0 fully saturated rings. The van der Waals surface area contributed by atoms with Crippen molar-refractivity contribution in [2.24, 2.45) is 0 Å². The number of likely N-dealkylation sites (N-methyl/N-ethyl adjacent to an activating group) is 1. The number of nitrogens with one attached hydrogen (secondary N) is 1. The Morgan fingerprint density at radius 1 is 0.644 bits per heavy atom. The minimum Gasteiger partial charge on any atom is -0.756 e. The SMILES string of the molecule is C/C=C/CC/C=C/CC/C=C/CCCC(O)C(O)C(COP(=O)([O-])OCC[N+](C)(C)C)NC(=O)CCCCCCCCCC/C=C\C/C=C\C/C=C\CCCCCCC. The summed E-state index contributed by atoms with van der Waals surface area (Å²) in [6.07, 6.45) is 49.6. The number of rotatable bonds is 41. The van der Waals surface area contributed by atoms with E-state index in [4.69, 9.17) is 9.05 Å². The summed E-state index contributed by atoms with van der Waals surface area (Å²) in [6.45, 7) is 4.15. The first-order valence-corrected chi connectivity index (χ1v) is 24.8. The lowest BCUT2D eigenvalue weighted by Gasteiger charge is -2.31. The number of quaternary nitrogens is 1. The molecule has 59 heavy (non-hydrogen) atoms. The molecule has 1 amide bonds. The van der Waals surface area contributed by atoms with Crippen LogP contribution in [0.25, 0.3) is 0 Å². The predicted octanol–water partition coefficient (Wildman–Crippen LogP) is 11.5. The Balaban J connectivity index is 4.46. The van der Waals surface area contributed by atoms with Gasteiger partial charge in [-0.15, -0.1) is 0 Å². The van der Waals surface area contributed by atoms with Crippen molar-refractivity contribution in [1.82, 2.24) is 5.32 Å². The second kappa shape index (κ2) is 40.0. The fraction of sp³-hybridized carbons (Fsp3) is 0.735. The van der Waals surface area contributed by atoms with Crippen LogP contribution in [0.1, 0.15) is 174 Å². The molecule has 342 valence electrons. The molecule has 0 aromatic heterocycles. The molecule has 0 spiro atoms. The van der Waals surface area contributed by atoms with Gasteiger partial charge in [-0.2, -0.15) is 0 Å². The molecule has 9 nitrogen and oxygen atoms in total. The molecule has 4 unspecified atom stereocenters. The number of hydrogen-bond acceptors (Lipinski definition) is 7. The summed E-state index contributed by atoms with van der Waals surface area (Å²) in [6, 6.07) is -1.11. The van der Waals surface area contributed by atoms with Crippen molar-refractivity contribution in [3.05, 3.63) is 72.9 Å². The number of carbonyl (C=O) groups excluding carboxylic acids is 1. The highest BCUT2D eigenvalue weighted by atomic mass is 31.2. The fourth-order valence-electron chi connectivity index (χ4n) is 6.30. The van der Waals surface area contributed by atoms with Gasteiger partial charge in [0.15, 0.2) is 0 Å². The van der Waals surface area contributed by atoms with Crippen molar-refractivity contribution >= 4 is 13.7 Å². The maximum atomic E-state index is 12.9. The first-order valence-electron chi connectivity index (χ1n) is 23.3. The van der Waals surface area contributed by atoms with Gasteiger partial charge >= 0.3 is 0 Å². The largest absolute Gasteiger partial charge is 0.756 e. The first kappa shape index (κ1) is 56.9. The molecule has 0 heterocycles. The fourth-order valence-corrected chi connectivity index (χ4v) is 7.02. The topological polar surface area (TPSA) is 128 Å². The second-order valence-corrected chi connectivity index (χ2v) is 18.3. The Morgan fingerprint density at radius 3 is 1.64 bits per heavy atom. The highest BCUT2D eigenvalue weighted by Gasteiger charge is 2.29. The summed E-state index contributed by atoms with van der Waals surface area (Å²) < 4.78 is 23.1. The van der Waals surface area contributed by atoms with E-state index in [2.05, 4.69) is 85.2 Å².